The molecule has 1 N–H and O–H groups in total. The van der Waals surface area contributed by atoms with Gasteiger partial charge in [0.05, 0.1) is 16.9 Å². The van der Waals surface area contributed by atoms with E-state index >= 15 is 0 Å². The van der Waals surface area contributed by atoms with E-state index in [2.05, 4.69) is 29.4 Å². The number of ether oxygens (including phenoxy) is 2. The van der Waals surface area contributed by atoms with Crippen LogP contribution in [0.4, 0.5) is 5.82 Å². The lowest BCUT2D eigenvalue weighted by Crippen LogP contribution is -2.53. The molecule has 2 amide bonds. The normalized spacial score (nSPS) is 33.6. The quantitative estimate of drug-likeness (QED) is 0.180. The van der Waals surface area contributed by atoms with Crippen molar-refractivity contribution in [1.82, 2.24) is 9.88 Å². The molecule has 10 rings (SSSR count). The molecule has 9 aliphatic rings. The number of fused-ring (bicyclic) bond motifs is 3. The number of hydrogen-bond donors (Lipinski definition) is 1. The Morgan fingerprint density at radius 1 is 1.00 bits per heavy atom. The van der Waals surface area contributed by atoms with E-state index in [4.69, 9.17) is 9.47 Å². The smallest absolute Gasteiger partial charge is 0.340 e. The highest BCUT2D eigenvalue weighted by atomic mass is 33.1. The second-order valence-electron chi connectivity index (χ2n) is 16.0. The number of amides is 2. The van der Waals surface area contributed by atoms with Crippen LogP contribution in [-0.2, 0) is 28.7 Å². The number of nitrogens with zero attached hydrogens (tertiary/aromatic N) is 2. The van der Waals surface area contributed by atoms with Gasteiger partial charge in [0.25, 0.3) is 11.8 Å². The van der Waals surface area contributed by atoms with Crippen molar-refractivity contribution in [1.29, 1.82) is 0 Å². The number of carbonyl (C=O) groups is 4. The van der Waals surface area contributed by atoms with Crippen LogP contribution in [0.25, 0.3) is 0 Å². The van der Waals surface area contributed by atoms with Crippen molar-refractivity contribution in [3.63, 3.8) is 0 Å². The zero-order chi connectivity index (χ0) is 36.3. The first-order valence-corrected chi connectivity index (χ1v) is 22.2. The molecule has 1 aromatic rings. The maximum Gasteiger partial charge on any atom is 0.340 e. The van der Waals surface area contributed by atoms with Crippen molar-refractivity contribution >= 4 is 51.2 Å². The number of rotatable bonds is 5. The van der Waals surface area contributed by atoms with Crippen molar-refractivity contribution in [3.05, 3.63) is 82.0 Å². The summed E-state index contributed by atoms with van der Waals surface area (Å²) in [6.45, 7) is 2.23. The standard InChI is InChI=1S/C42H47N3O6S2/c1-2-3-9-31-29-12-11-28-27-16-18-42(38(28)37(29)40(48)50-31)32-13-10-26(24-7-5-4-6-8-24)22-52-53-23-44-33-20-25(17-19-43-33)30(36(27)39(42)41(49)51-32)21-45-34(46)14-15-35(45)47/h9,13-15,17,19-20,24,26-28,30,38H,2-8,10-12,16,18,21-23H2,1H3,(H,43,44). The monoisotopic (exact) mass is 753 g/mol. The van der Waals surface area contributed by atoms with Crippen molar-refractivity contribution in [2.24, 2.45) is 35.0 Å². The summed E-state index contributed by atoms with van der Waals surface area (Å²) in [6.07, 6.45) is 20.7. The van der Waals surface area contributed by atoms with Gasteiger partial charge in [0.2, 0.25) is 0 Å². The van der Waals surface area contributed by atoms with Gasteiger partial charge in [0, 0.05) is 53.6 Å². The zero-order valence-corrected chi connectivity index (χ0v) is 31.9. The van der Waals surface area contributed by atoms with E-state index in [1.165, 1.54) is 49.2 Å². The van der Waals surface area contributed by atoms with Gasteiger partial charge in [-0.2, -0.15) is 0 Å². The fourth-order valence-electron chi connectivity index (χ4n) is 11.2. The summed E-state index contributed by atoms with van der Waals surface area (Å²) >= 11 is 0. The Labute approximate surface area is 318 Å². The molecule has 6 unspecified atom stereocenters. The number of nitrogens with one attached hydrogen (secondary N) is 1. The molecule has 6 atom stereocenters. The molecular formula is C42H47N3O6S2. The molecule has 53 heavy (non-hydrogen) atoms. The van der Waals surface area contributed by atoms with Gasteiger partial charge in [-0.15, -0.1) is 0 Å². The van der Waals surface area contributed by atoms with Gasteiger partial charge in [-0.25, -0.2) is 14.6 Å². The van der Waals surface area contributed by atoms with Gasteiger partial charge in [0.1, 0.15) is 17.3 Å². The molecule has 278 valence electrons. The number of carbonyl (C=O) groups excluding carboxylic acids is 4. The highest BCUT2D eigenvalue weighted by Crippen LogP contribution is 2.71. The molecule has 0 radical (unpaired) electrons. The highest BCUT2D eigenvalue weighted by molar-refractivity contribution is 8.76. The van der Waals surface area contributed by atoms with Crippen molar-refractivity contribution in [3.8, 4) is 0 Å². The van der Waals surface area contributed by atoms with Crippen LogP contribution in [0.5, 0.6) is 0 Å². The molecule has 4 aliphatic heterocycles. The van der Waals surface area contributed by atoms with E-state index in [0.717, 1.165) is 72.4 Å². The van der Waals surface area contributed by atoms with Crippen LogP contribution >= 0.6 is 21.6 Å². The highest BCUT2D eigenvalue weighted by Gasteiger charge is 2.69. The minimum atomic E-state index is -0.828. The summed E-state index contributed by atoms with van der Waals surface area (Å²) in [5.74, 6) is 2.85. The molecule has 1 spiro atoms. The zero-order valence-electron chi connectivity index (χ0n) is 30.3. The Bertz CT molecular complexity index is 1890. The van der Waals surface area contributed by atoms with Crippen molar-refractivity contribution in [2.45, 2.75) is 89.9 Å². The van der Waals surface area contributed by atoms with Gasteiger partial charge in [-0.1, -0.05) is 67.0 Å². The molecule has 2 saturated carbocycles. The summed E-state index contributed by atoms with van der Waals surface area (Å²) in [6, 6.07) is 3.97. The number of esters is 2. The van der Waals surface area contributed by atoms with Gasteiger partial charge in [-0.05, 0) is 97.6 Å². The minimum Gasteiger partial charge on any atom is -0.427 e. The number of pyridine rings is 1. The van der Waals surface area contributed by atoms with Gasteiger partial charge >= 0.3 is 11.9 Å². The fraction of sp³-hybridized carbons (Fsp3) is 0.548. The molecule has 5 aliphatic carbocycles. The van der Waals surface area contributed by atoms with Gasteiger partial charge in [0.15, 0.2) is 0 Å². The molecule has 11 heteroatoms. The third kappa shape index (κ3) is 5.86. The number of cyclic esters (lactones) is 1. The molecule has 3 fully saturated rings. The molecule has 1 saturated heterocycles. The fourth-order valence-corrected chi connectivity index (χ4v) is 13.4. The lowest BCUT2D eigenvalue weighted by Gasteiger charge is -2.57. The second kappa shape index (κ2) is 14.3. The summed E-state index contributed by atoms with van der Waals surface area (Å²) in [7, 11) is 3.67. The van der Waals surface area contributed by atoms with Crippen LogP contribution in [0.15, 0.2) is 76.4 Å². The van der Waals surface area contributed by atoms with Crippen LogP contribution < -0.4 is 5.32 Å². The molecular weight excluding hydrogens is 707 g/mol. The van der Waals surface area contributed by atoms with Crippen molar-refractivity contribution < 1.29 is 28.7 Å². The Morgan fingerprint density at radius 2 is 1.83 bits per heavy atom. The van der Waals surface area contributed by atoms with E-state index in [0.29, 0.717) is 41.2 Å². The molecule has 7 bridgehead atoms. The molecule has 0 aromatic carbocycles. The van der Waals surface area contributed by atoms with E-state index in [1.807, 2.05) is 22.9 Å². The minimum absolute atomic E-state index is 0.0366. The van der Waals surface area contributed by atoms with Crippen LogP contribution in [-0.4, -0.2) is 51.8 Å². The van der Waals surface area contributed by atoms with Gasteiger partial charge < -0.3 is 14.8 Å². The third-order valence-electron chi connectivity index (χ3n) is 13.4. The third-order valence-corrected chi connectivity index (χ3v) is 15.7. The topological polar surface area (TPSA) is 115 Å². The first-order chi connectivity index (χ1) is 25.9. The first kappa shape index (κ1) is 35.2. The van der Waals surface area contributed by atoms with Crippen LogP contribution in [0.1, 0.15) is 95.5 Å². The predicted molar refractivity (Wildman–Crippen MR) is 205 cm³/mol. The molecule has 9 nitrogen and oxygen atoms in total. The number of imide groups is 1. The second-order valence-corrected chi connectivity index (χ2v) is 18.5. The maximum absolute atomic E-state index is 14.7. The number of allylic oxidation sites excluding steroid dienone is 4. The summed E-state index contributed by atoms with van der Waals surface area (Å²) in [4.78, 5) is 61.0. The number of unbranched alkanes of at least 4 members (excludes halogenated alkanes) is 1. The number of aromatic nitrogens is 1. The van der Waals surface area contributed by atoms with E-state index in [9.17, 15) is 19.2 Å². The SMILES string of the molecule is CCCC=C1OC(=O)C2=C1CCC1C3CCC4(C5=CCC(C6CCCCC6)CSSCNc6cc(ccn6)C(CN6C(=O)C=CC6=O)C3=C4C(=O)O5)C21. The Balaban J connectivity index is 1.25. The summed E-state index contributed by atoms with van der Waals surface area (Å²) in [5, 5.41) is 3.51. The average molecular weight is 754 g/mol. The summed E-state index contributed by atoms with van der Waals surface area (Å²) < 4.78 is 12.6. The van der Waals surface area contributed by atoms with Gasteiger partial charge in [-0.3, -0.25) is 14.5 Å². The average Bonchev–Trinajstić information content (AvgIpc) is 3.79. The Hall–Kier alpha value is -3.57. The first-order valence-electron chi connectivity index (χ1n) is 19.7. The lowest BCUT2D eigenvalue weighted by molar-refractivity contribution is -0.137. The van der Waals surface area contributed by atoms with E-state index in [1.54, 1.807) is 17.0 Å². The predicted octanol–water partition coefficient (Wildman–Crippen LogP) is 8.15. The van der Waals surface area contributed by atoms with E-state index in [-0.39, 0.29) is 48.1 Å². The van der Waals surface area contributed by atoms with Crippen LogP contribution in [0.3, 0.4) is 0 Å². The molecule has 5 heterocycles. The maximum atomic E-state index is 14.7. The Morgan fingerprint density at radius 3 is 2.64 bits per heavy atom. The Kier molecular flexibility index (Phi) is 9.45. The summed E-state index contributed by atoms with van der Waals surface area (Å²) in [5.41, 5.74) is 3.41. The van der Waals surface area contributed by atoms with Crippen LogP contribution in [0.2, 0.25) is 0 Å². The lowest BCUT2D eigenvalue weighted by atomic mass is 9.43. The van der Waals surface area contributed by atoms with Crippen LogP contribution in [0, 0.1) is 35.0 Å². The number of hydrogen-bond acceptors (Lipinski definition) is 10. The number of anilines is 1. The van der Waals surface area contributed by atoms with E-state index < -0.39 is 11.3 Å². The molecule has 1 aromatic heterocycles. The largest absolute Gasteiger partial charge is 0.427 e. The van der Waals surface area contributed by atoms with Crippen molar-refractivity contribution in [2.75, 3.05) is 23.5 Å².